The van der Waals surface area contributed by atoms with Crippen molar-refractivity contribution in [2.24, 2.45) is 0 Å². The SMILES string of the molecule is CN1C(=O)Cc2cc(C(O)c3ccc(F)cc3)ccc21. The van der Waals surface area contributed by atoms with E-state index in [-0.39, 0.29) is 11.7 Å². The second-order valence-corrected chi connectivity index (χ2v) is 4.97. The summed E-state index contributed by atoms with van der Waals surface area (Å²) in [6, 6.07) is 11.2. The summed E-state index contributed by atoms with van der Waals surface area (Å²) in [5.41, 5.74) is 3.13. The number of likely N-dealkylation sites (N-methyl/N-ethyl adjacent to an activating group) is 1. The molecule has 4 heteroatoms. The number of aliphatic hydroxyl groups excluding tert-OH is 1. The van der Waals surface area contributed by atoms with Crippen LogP contribution >= 0.6 is 0 Å². The molecule has 1 aliphatic rings. The fourth-order valence-electron chi connectivity index (χ4n) is 2.50. The van der Waals surface area contributed by atoms with Crippen LogP contribution in [0.25, 0.3) is 0 Å². The average molecular weight is 271 g/mol. The number of aliphatic hydroxyl groups is 1. The second-order valence-electron chi connectivity index (χ2n) is 4.97. The lowest BCUT2D eigenvalue weighted by Gasteiger charge is -2.14. The highest BCUT2D eigenvalue weighted by Gasteiger charge is 2.25. The molecule has 1 aliphatic heterocycles. The quantitative estimate of drug-likeness (QED) is 0.911. The van der Waals surface area contributed by atoms with Gasteiger partial charge in [-0.2, -0.15) is 0 Å². The number of amides is 1. The van der Waals surface area contributed by atoms with Crippen molar-refractivity contribution < 1.29 is 14.3 Å². The van der Waals surface area contributed by atoms with Crippen LogP contribution in [-0.2, 0) is 11.2 Å². The minimum absolute atomic E-state index is 0.0495. The zero-order valence-corrected chi connectivity index (χ0v) is 11.0. The van der Waals surface area contributed by atoms with Gasteiger partial charge < -0.3 is 10.0 Å². The van der Waals surface area contributed by atoms with Gasteiger partial charge in [0, 0.05) is 12.7 Å². The summed E-state index contributed by atoms with van der Waals surface area (Å²) < 4.78 is 12.9. The van der Waals surface area contributed by atoms with Crippen molar-refractivity contribution >= 4 is 11.6 Å². The minimum Gasteiger partial charge on any atom is -0.384 e. The Hall–Kier alpha value is -2.20. The maximum absolute atomic E-state index is 12.9. The molecule has 2 aromatic rings. The molecule has 102 valence electrons. The number of rotatable bonds is 2. The number of hydrogen-bond acceptors (Lipinski definition) is 2. The van der Waals surface area contributed by atoms with Crippen LogP contribution in [0.3, 0.4) is 0 Å². The molecule has 0 saturated heterocycles. The van der Waals surface area contributed by atoms with Crippen molar-refractivity contribution in [1.29, 1.82) is 0 Å². The fraction of sp³-hybridized carbons (Fsp3) is 0.188. The highest BCUT2D eigenvalue weighted by Crippen LogP contribution is 2.31. The van der Waals surface area contributed by atoms with Crippen LogP contribution < -0.4 is 4.90 Å². The van der Waals surface area contributed by atoms with Crippen molar-refractivity contribution in [1.82, 2.24) is 0 Å². The summed E-state index contributed by atoms with van der Waals surface area (Å²) in [4.78, 5) is 13.3. The van der Waals surface area contributed by atoms with Gasteiger partial charge in [0.15, 0.2) is 0 Å². The normalized spacial score (nSPS) is 15.3. The molecule has 1 amide bonds. The van der Waals surface area contributed by atoms with Gasteiger partial charge in [0.1, 0.15) is 11.9 Å². The first-order chi connectivity index (χ1) is 9.56. The number of fused-ring (bicyclic) bond motifs is 1. The third kappa shape index (κ3) is 2.08. The molecule has 0 bridgehead atoms. The van der Waals surface area contributed by atoms with Crippen molar-refractivity contribution in [3.63, 3.8) is 0 Å². The molecule has 0 radical (unpaired) electrons. The lowest BCUT2D eigenvalue weighted by Crippen LogP contribution is -2.20. The highest BCUT2D eigenvalue weighted by atomic mass is 19.1. The summed E-state index contributed by atoms with van der Waals surface area (Å²) in [5, 5.41) is 10.3. The first-order valence-corrected chi connectivity index (χ1v) is 6.39. The van der Waals surface area contributed by atoms with E-state index in [4.69, 9.17) is 0 Å². The van der Waals surface area contributed by atoms with Crippen molar-refractivity contribution in [2.75, 3.05) is 11.9 Å². The van der Waals surface area contributed by atoms with Gasteiger partial charge in [0.25, 0.3) is 0 Å². The van der Waals surface area contributed by atoms with Crippen LogP contribution in [0.4, 0.5) is 10.1 Å². The van der Waals surface area contributed by atoms with E-state index in [0.29, 0.717) is 17.5 Å². The van der Waals surface area contributed by atoms with Gasteiger partial charge in [0.2, 0.25) is 5.91 Å². The van der Waals surface area contributed by atoms with E-state index < -0.39 is 6.10 Å². The van der Waals surface area contributed by atoms with Crippen molar-refractivity contribution in [3.05, 3.63) is 65.0 Å². The summed E-state index contributed by atoms with van der Waals surface area (Å²) in [6.45, 7) is 0. The van der Waals surface area contributed by atoms with Gasteiger partial charge in [-0.3, -0.25) is 4.79 Å². The molecular weight excluding hydrogens is 257 g/mol. The lowest BCUT2D eigenvalue weighted by atomic mass is 9.99. The van der Waals surface area contributed by atoms with Gasteiger partial charge >= 0.3 is 0 Å². The third-order valence-corrected chi connectivity index (χ3v) is 3.68. The maximum Gasteiger partial charge on any atom is 0.231 e. The van der Waals surface area contributed by atoms with Crippen LogP contribution in [0.1, 0.15) is 22.8 Å². The van der Waals surface area contributed by atoms with Gasteiger partial charge in [-0.1, -0.05) is 24.3 Å². The number of benzene rings is 2. The standard InChI is InChI=1S/C16H14FNO2/c1-18-14-7-4-11(8-12(14)9-15(18)19)16(20)10-2-5-13(17)6-3-10/h2-8,16,20H,9H2,1H3. The Labute approximate surface area is 116 Å². The fourth-order valence-corrected chi connectivity index (χ4v) is 2.50. The number of hydrogen-bond donors (Lipinski definition) is 1. The first-order valence-electron chi connectivity index (χ1n) is 6.39. The number of carbonyl (C=O) groups excluding carboxylic acids is 1. The highest BCUT2D eigenvalue weighted by molar-refractivity contribution is 6.00. The predicted molar refractivity (Wildman–Crippen MR) is 74.0 cm³/mol. The average Bonchev–Trinajstić information content (AvgIpc) is 2.74. The number of carbonyl (C=O) groups is 1. The Balaban J connectivity index is 1.94. The van der Waals surface area contributed by atoms with Crippen LogP contribution in [0.15, 0.2) is 42.5 Å². The molecule has 20 heavy (non-hydrogen) atoms. The molecule has 1 heterocycles. The monoisotopic (exact) mass is 271 g/mol. The summed E-state index contributed by atoms with van der Waals surface area (Å²) in [6.07, 6.45) is -0.461. The topological polar surface area (TPSA) is 40.5 Å². The van der Waals surface area contributed by atoms with E-state index in [9.17, 15) is 14.3 Å². The molecule has 0 aromatic heterocycles. The molecule has 0 aliphatic carbocycles. The molecule has 1 unspecified atom stereocenters. The van der Waals surface area contributed by atoms with E-state index in [1.165, 1.54) is 12.1 Å². The molecule has 1 N–H and O–H groups in total. The van der Waals surface area contributed by atoms with Gasteiger partial charge in [-0.25, -0.2) is 4.39 Å². The van der Waals surface area contributed by atoms with Gasteiger partial charge in [-0.05, 0) is 34.9 Å². The van der Waals surface area contributed by atoms with Crippen molar-refractivity contribution in [2.45, 2.75) is 12.5 Å². The lowest BCUT2D eigenvalue weighted by molar-refractivity contribution is -0.117. The Morgan fingerprint density at radius 2 is 1.80 bits per heavy atom. The summed E-state index contributed by atoms with van der Waals surface area (Å²) in [7, 11) is 1.74. The second kappa shape index (κ2) is 4.72. The van der Waals surface area contributed by atoms with Crippen LogP contribution in [-0.4, -0.2) is 18.1 Å². The van der Waals surface area contributed by atoms with Crippen LogP contribution in [0, 0.1) is 5.82 Å². The van der Waals surface area contributed by atoms with E-state index in [1.54, 1.807) is 30.1 Å². The molecule has 3 rings (SSSR count). The Bertz CT molecular complexity index is 667. The number of anilines is 1. The van der Waals surface area contributed by atoms with Crippen molar-refractivity contribution in [3.8, 4) is 0 Å². The zero-order chi connectivity index (χ0) is 14.3. The summed E-state index contributed by atoms with van der Waals surface area (Å²) >= 11 is 0. The molecule has 0 fully saturated rings. The minimum atomic E-state index is -0.818. The van der Waals surface area contributed by atoms with Crippen LogP contribution in [0.5, 0.6) is 0 Å². The van der Waals surface area contributed by atoms with Crippen LogP contribution in [0.2, 0.25) is 0 Å². The largest absolute Gasteiger partial charge is 0.384 e. The van der Waals surface area contributed by atoms with E-state index in [0.717, 1.165) is 11.3 Å². The van der Waals surface area contributed by atoms with E-state index in [2.05, 4.69) is 0 Å². The maximum atomic E-state index is 12.9. The Morgan fingerprint density at radius 3 is 2.50 bits per heavy atom. The van der Waals surface area contributed by atoms with E-state index >= 15 is 0 Å². The molecule has 0 saturated carbocycles. The number of nitrogens with zero attached hydrogens (tertiary/aromatic N) is 1. The Morgan fingerprint density at radius 1 is 1.15 bits per heavy atom. The number of halogens is 1. The first kappa shape index (κ1) is 12.8. The Kier molecular flexibility index (Phi) is 3.03. The molecule has 2 aromatic carbocycles. The third-order valence-electron chi connectivity index (χ3n) is 3.68. The molecular formula is C16H14FNO2. The van der Waals surface area contributed by atoms with E-state index in [1.807, 2.05) is 12.1 Å². The summed E-state index contributed by atoms with van der Waals surface area (Å²) in [5.74, 6) is -0.282. The zero-order valence-electron chi connectivity index (χ0n) is 11.0. The smallest absolute Gasteiger partial charge is 0.231 e. The molecule has 1 atom stereocenters. The van der Waals surface area contributed by atoms with Gasteiger partial charge in [0.05, 0.1) is 6.42 Å². The molecule has 0 spiro atoms. The predicted octanol–water partition coefficient (Wildman–Crippen LogP) is 2.43. The van der Waals surface area contributed by atoms with Gasteiger partial charge in [-0.15, -0.1) is 0 Å². The molecule has 3 nitrogen and oxygen atoms in total.